The zero-order chi connectivity index (χ0) is 24.1. The van der Waals surface area contributed by atoms with Crippen molar-refractivity contribution in [2.45, 2.75) is 17.6 Å². The summed E-state index contributed by atoms with van der Waals surface area (Å²) in [6.07, 6.45) is 1.73. The van der Waals surface area contributed by atoms with Crippen molar-refractivity contribution in [1.29, 1.82) is 0 Å². The molecule has 0 radical (unpaired) electrons. The third-order valence-electron chi connectivity index (χ3n) is 5.10. The fourth-order valence-electron chi connectivity index (χ4n) is 3.40. The molecule has 0 atom stereocenters. The van der Waals surface area contributed by atoms with Crippen molar-refractivity contribution < 1.29 is 14.7 Å². The zero-order valence-electron chi connectivity index (χ0n) is 18.3. The highest BCUT2D eigenvalue weighted by Crippen LogP contribution is 2.31. The quantitative estimate of drug-likeness (QED) is 0.275. The van der Waals surface area contributed by atoms with Gasteiger partial charge >= 0.3 is 5.97 Å². The number of aryl methyl sites for hydroxylation is 1. The molecule has 4 rings (SSSR count). The van der Waals surface area contributed by atoms with Crippen LogP contribution >= 0.6 is 23.4 Å². The molecule has 1 aromatic heterocycles. The van der Waals surface area contributed by atoms with Gasteiger partial charge in [0.25, 0.3) is 5.91 Å². The monoisotopic (exact) mass is 488 g/mol. The number of carbonyl (C=O) groups excluding carboxylic acids is 1. The molecule has 0 unspecified atom stereocenters. The lowest BCUT2D eigenvalue weighted by atomic mass is 10.1. The number of nitrogens with zero attached hydrogens (tertiary/aromatic N) is 1. The predicted octanol–water partition coefficient (Wildman–Crippen LogP) is 6.95. The second-order valence-corrected chi connectivity index (χ2v) is 9.17. The fraction of sp³-hybridized carbons (Fsp3) is 0.0741. The SMILES string of the molecule is Cc1ccnc(-c2cc(Cl)ccc2NC(=O)c2cccc(CSc3cccc(C(=O)O)c3)c2)c1. The minimum absolute atomic E-state index is 0.240. The number of carbonyl (C=O) groups is 2. The standard InChI is InChI=1S/C27H21ClN2O3S/c1-17-10-11-29-25(12-17)23-15-21(28)8-9-24(23)30-26(31)19-5-2-4-18(13-19)16-34-22-7-3-6-20(14-22)27(32)33/h2-15H,16H2,1H3,(H,30,31)(H,32,33). The highest BCUT2D eigenvalue weighted by atomic mass is 35.5. The van der Waals surface area contributed by atoms with Crippen LogP contribution in [0.15, 0.2) is 90.0 Å². The Balaban J connectivity index is 1.51. The maximum Gasteiger partial charge on any atom is 0.335 e. The molecule has 0 aliphatic rings. The van der Waals surface area contributed by atoms with Crippen LogP contribution in [0.1, 0.15) is 31.8 Å². The van der Waals surface area contributed by atoms with Crippen LogP contribution in [0.25, 0.3) is 11.3 Å². The summed E-state index contributed by atoms with van der Waals surface area (Å²) in [5, 5.41) is 12.7. The summed E-state index contributed by atoms with van der Waals surface area (Å²) in [5.41, 5.74) is 4.88. The molecule has 2 N–H and O–H groups in total. The first-order valence-electron chi connectivity index (χ1n) is 10.5. The Labute approximate surface area is 206 Å². The highest BCUT2D eigenvalue weighted by molar-refractivity contribution is 7.98. The van der Waals surface area contributed by atoms with Gasteiger partial charge in [-0.15, -0.1) is 11.8 Å². The molecule has 0 bridgehead atoms. The average Bonchev–Trinajstić information content (AvgIpc) is 2.84. The third-order valence-corrected chi connectivity index (χ3v) is 6.40. The van der Waals surface area contributed by atoms with E-state index in [1.807, 2.05) is 43.3 Å². The van der Waals surface area contributed by atoms with E-state index in [0.29, 0.717) is 22.0 Å². The number of halogens is 1. The molecule has 0 aliphatic heterocycles. The lowest BCUT2D eigenvalue weighted by Crippen LogP contribution is -2.13. The summed E-state index contributed by atoms with van der Waals surface area (Å²) in [5.74, 6) is -0.594. The Morgan fingerprint density at radius 2 is 1.76 bits per heavy atom. The maximum atomic E-state index is 13.1. The number of anilines is 1. The van der Waals surface area contributed by atoms with E-state index >= 15 is 0 Å². The first-order chi connectivity index (χ1) is 16.4. The summed E-state index contributed by atoms with van der Waals surface area (Å²) in [6, 6.07) is 23.3. The molecular formula is C27H21ClN2O3S. The van der Waals surface area contributed by atoms with E-state index in [-0.39, 0.29) is 11.5 Å². The Morgan fingerprint density at radius 1 is 0.971 bits per heavy atom. The minimum atomic E-state index is -0.955. The number of carboxylic acids is 1. The van der Waals surface area contributed by atoms with Gasteiger partial charge in [-0.3, -0.25) is 9.78 Å². The van der Waals surface area contributed by atoms with Gasteiger partial charge in [0.15, 0.2) is 0 Å². The molecule has 0 fully saturated rings. The minimum Gasteiger partial charge on any atom is -0.478 e. The lowest BCUT2D eigenvalue weighted by Gasteiger charge is -2.12. The van der Waals surface area contributed by atoms with Crippen LogP contribution in [-0.4, -0.2) is 22.0 Å². The number of pyridine rings is 1. The van der Waals surface area contributed by atoms with Crippen molar-refractivity contribution in [3.05, 3.63) is 112 Å². The number of nitrogens with one attached hydrogen (secondary N) is 1. The van der Waals surface area contributed by atoms with Gasteiger partial charge in [0.1, 0.15) is 0 Å². The lowest BCUT2D eigenvalue weighted by molar-refractivity contribution is 0.0696. The Bertz CT molecular complexity index is 1370. The largest absolute Gasteiger partial charge is 0.478 e. The first kappa shape index (κ1) is 23.5. The van der Waals surface area contributed by atoms with Gasteiger partial charge in [-0.25, -0.2) is 4.79 Å². The third kappa shape index (κ3) is 5.84. The van der Waals surface area contributed by atoms with Gasteiger partial charge in [-0.1, -0.05) is 29.8 Å². The molecule has 0 spiro atoms. The number of rotatable bonds is 7. The zero-order valence-corrected chi connectivity index (χ0v) is 19.9. The molecule has 170 valence electrons. The number of amides is 1. The Kier molecular flexibility index (Phi) is 7.30. The molecule has 3 aromatic carbocycles. The van der Waals surface area contributed by atoms with E-state index in [1.165, 1.54) is 11.8 Å². The number of thioether (sulfide) groups is 1. The van der Waals surface area contributed by atoms with Crippen LogP contribution in [0.4, 0.5) is 5.69 Å². The summed E-state index contributed by atoms with van der Waals surface area (Å²) in [6.45, 7) is 1.98. The predicted molar refractivity (Wildman–Crippen MR) is 137 cm³/mol. The van der Waals surface area contributed by atoms with E-state index in [4.69, 9.17) is 16.7 Å². The second-order valence-electron chi connectivity index (χ2n) is 7.68. The molecule has 4 aromatic rings. The van der Waals surface area contributed by atoms with E-state index in [2.05, 4.69) is 10.3 Å². The number of aromatic nitrogens is 1. The molecule has 0 saturated heterocycles. The Hall–Kier alpha value is -3.61. The summed E-state index contributed by atoms with van der Waals surface area (Å²) < 4.78 is 0. The van der Waals surface area contributed by atoms with Crippen molar-refractivity contribution in [2.75, 3.05) is 5.32 Å². The van der Waals surface area contributed by atoms with Crippen LogP contribution in [-0.2, 0) is 5.75 Å². The second kappa shape index (κ2) is 10.5. The number of carboxylic acid groups (broad SMARTS) is 1. The summed E-state index contributed by atoms with van der Waals surface area (Å²) in [4.78, 5) is 29.5. The van der Waals surface area contributed by atoms with Crippen molar-refractivity contribution >= 4 is 40.9 Å². The molecule has 0 aliphatic carbocycles. The van der Waals surface area contributed by atoms with E-state index in [0.717, 1.165) is 27.3 Å². The van der Waals surface area contributed by atoms with E-state index < -0.39 is 5.97 Å². The van der Waals surface area contributed by atoms with Crippen LogP contribution in [0.5, 0.6) is 0 Å². The van der Waals surface area contributed by atoms with Crippen molar-refractivity contribution in [3.8, 4) is 11.3 Å². The molecular weight excluding hydrogens is 468 g/mol. The number of hydrogen-bond donors (Lipinski definition) is 2. The molecule has 0 saturated carbocycles. The summed E-state index contributed by atoms with van der Waals surface area (Å²) in [7, 11) is 0. The van der Waals surface area contributed by atoms with Crippen molar-refractivity contribution in [2.24, 2.45) is 0 Å². The van der Waals surface area contributed by atoms with E-state index in [9.17, 15) is 9.59 Å². The molecule has 7 heteroatoms. The van der Waals surface area contributed by atoms with Gasteiger partial charge in [0.05, 0.1) is 16.9 Å². The molecule has 5 nitrogen and oxygen atoms in total. The van der Waals surface area contributed by atoms with Crippen molar-refractivity contribution in [3.63, 3.8) is 0 Å². The van der Waals surface area contributed by atoms with E-state index in [1.54, 1.807) is 48.7 Å². The molecule has 1 amide bonds. The number of aromatic carboxylic acids is 1. The maximum absolute atomic E-state index is 13.1. The van der Waals surface area contributed by atoms with Gasteiger partial charge < -0.3 is 10.4 Å². The van der Waals surface area contributed by atoms with Crippen LogP contribution in [0, 0.1) is 6.92 Å². The topological polar surface area (TPSA) is 79.3 Å². The van der Waals surface area contributed by atoms with Crippen LogP contribution in [0.2, 0.25) is 5.02 Å². The Morgan fingerprint density at radius 3 is 2.56 bits per heavy atom. The fourth-order valence-corrected chi connectivity index (χ4v) is 4.47. The summed E-state index contributed by atoms with van der Waals surface area (Å²) >= 11 is 7.73. The molecule has 34 heavy (non-hydrogen) atoms. The number of hydrogen-bond acceptors (Lipinski definition) is 4. The van der Waals surface area contributed by atoms with Gasteiger partial charge in [0, 0.05) is 33.0 Å². The molecule has 1 heterocycles. The first-order valence-corrected chi connectivity index (χ1v) is 11.8. The highest BCUT2D eigenvalue weighted by Gasteiger charge is 2.13. The van der Waals surface area contributed by atoms with Gasteiger partial charge in [-0.2, -0.15) is 0 Å². The smallest absolute Gasteiger partial charge is 0.335 e. The van der Waals surface area contributed by atoms with Gasteiger partial charge in [0.2, 0.25) is 0 Å². The van der Waals surface area contributed by atoms with Crippen molar-refractivity contribution in [1.82, 2.24) is 4.98 Å². The van der Waals surface area contributed by atoms with Crippen LogP contribution in [0.3, 0.4) is 0 Å². The van der Waals surface area contributed by atoms with Crippen LogP contribution < -0.4 is 5.32 Å². The van der Waals surface area contributed by atoms with Gasteiger partial charge in [-0.05, 0) is 78.7 Å². The number of benzene rings is 3. The average molecular weight is 489 g/mol. The normalized spacial score (nSPS) is 10.6.